The van der Waals surface area contributed by atoms with E-state index in [0.29, 0.717) is 61.6 Å². The van der Waals surface area contributed by atoms with E-state index in [0.717, 1.165) is 0 Å². The number of halogens is 2. The van der Waals surface area contributed by atoms with Crippen molar-refractivity contribution in [3.63, 3.8) is 0 Å². The average molecular weight is 332 g/mol. The van der Waals surface area contributed by atoms with Crippen LogP contribution in [0.4, 0.5) is 0 Å². The molecule has 7 heteroatoms. The lowest BCUT2D eigenvalue weighted by atomic mass is 10.1. The topological polar surface area (TPSA) is 48.0 Å². The second-order valence-electron chi connectivity index (χ2n) is 4.83. The Labute approximate surface area is 132 Å². The molecule has 0 saturated carbocycles. The molecule has 2 aliphatic heterocycles. The number of morpholine rings is 1. The first-order chi connectivity index (χ1) is 10.2. The Morgan fingerprint density at radius 1 is 1.14 bits per heavy atom. The highest BCUT2D eigenvalue weighted by molar-refractivity contribution is 6.33. The fourth-order valence-corrected chi connectivity index (χ4v) is 2.90. The van der Waals surface area contributed by atoms with Gasteiger partial charge in [-0.05, 0) is 17.7 Å². The molecule has 0 spiro atoms. The summed E-state index contributed by atoms with van der Waals surface area (Å²) in [5.74, 6) is 0.895. The maximum atomic E-state index is 12.4. The zero-order valence-corrected chi connectivity index (χ0v) is 12.8. The van der Waals surface area contributed by atoms with Gasteiger partial charge in [0.2, 0.25) is 5.91 Å². The van der Waals surface area contributed by atoms with Crippen LogP contribution in [0.3, 0.4) is 0 Å². The number of hydrogen-bond acceptors (Lipinski definition) is 4. The van der Waals surface area contributed by atoms with Gasteiger partial charge in [-0.15, -0.1) is 11.6 Å². The van der Waals surface area contributed by atoms with Crippen LogP contribution in [0.25, 0.3) is 0 Å². The van der Waals surface area contributed by atoms with Gasteiger partial charge in [-0.1, -0.05) is 11.6 Å². The van der Waals surface area contributed by atoms with Crippen molar-refractivity contribution in [2.75, 3.05) is 39.5 Å². The third-order valence-corrected chi connectivity index (χ3v) is 4.17. The first-order valence-corrected chi connectivity index (χ1v) is 7.58. The highest BCUT2D eigenvalue weighted by Crippen LogP contribution is 2.41. The zero-order chi connectivity index (χ0) is 14.8. The van der Waals surface area contributed by atoms with Gasteiger partial charge in [-0.25, -0.2) is 0 Å². The standard InChI is InChI=1S/C14H15Cl2NO4/c15-10-7-9(8-11-13(10)21-6-5-20-11)12(16)14(18)17-1-3-19-4-2-17/h7-8,12H,1-6H2. The van der Waals surface area contributed by atoms with Crippen molar-refractivity contribution in [1.82, 2.24) is 4.90 Å². The Bertz CT molecular complexity index is 546. The van der Waals surface area contributed by atoms with E-state index < -0.39 is 5.38 Å². The van der Waals surface area contributed by atoms with E-state index in [1.54, 1.807) is 17.0 Å². The number of hydrogen-bond donors (Lipinski definition) is 0. The highest BCUT2D eigenvalue weighted by atomic mass is 35.5. The number of carbonyl (C=O) groups excluding carboxylic acids is 1. The lowest BCUT2D eigenvalue weighted by Crippen LogP contribution is -2.42. The molecule has 1 atom stereocenters. The predicted octanol–water partition coefficient (Wildman–Crippen LogP) is 2.25. The van der Waals surface area contributed by atoms with Gasteiger partial charge in [0, 0.05) is 13.1 Å². The van der Waals surface area contributed by atoms with Crippen molar-refractivity contribution < 1.29 is 19.0 Å². The third kappa shape index (κ3) is 3.05. The minimum atomic E-state index is -0.795. The number of rotatable bonds is 2. The van der Waals surface area contributed by atoms with Gasteiger partial charge >= 0.3 is 0 Å². The number of amides is 1. The number of carbonyl (C=O) groups is 1. The summed E-state index contributed by atoms with van der Waals surface area (Å²) in [6.07, 6.45) is 0. The summed E-state index contributed by atoms with van der Waals surface area (Å²) < 4.78 is 16.2. The van der Waals surface area contributed by atoms with E-state index in [9.17, 15) is 4.79 Å². The minimum Gasteiger partial charge on any atom is -0.486 e. The first-order valence-electron chi connectivity index (χ1n) is 6.76. The summed E-state index contributed by atoms with van der Waals surface area (Å²) in [7, 11) is 0. The van der Waals surface area contributed by atoms with Gasteiger partial charge in [-0.3, -0.25) is 4.79 Å². The molecular formula is C14H15Cl2NO4. The summed E-state index contributed by atoms with van der Waals surface area (Å²) in [6, 6.07) is 3.38. The molecule has 3 rings (SSSR count). The number of ether oxygens (including phenoxy) is 3. The van der Waals surface area contributed by atoms with E-state index >= 15 is 0 Å². The van der Waals surface area contributed by atoms with Crippen molar-refractivity contribution in [2.45, 2.75) is 5.38 Å². The number of nitrogens with zero attached hydrogens (tertiary/aromatic N) is 1. The van der Waals surface area contributed by atoms with E-state index in [1.165, 1.54) is 0 Å². The summed E-state index contributed by atoms with van der Waals surface area (Å²) in [6.45, 7) is 3.11. The SMILES string of the molecule is O=C(C(Cl)c1cc(Cl)c2c(c1)OCCO2)N1CCOCC1. The molecule has 2 heterocycles. The largest absolute Gasteiger partial charge is 0.486 e. The molecule has 0 aliphatic carbocycles. The van der Waals surface area contributed by atoms with Crippen LogP contribution >= 0.6 is 23.2 Å². The van der Waals surface area contributed by atoms with Crippen molar-refractivity contribution in [3.05, 3.63) is 22.7 Å². The van der Waals surface area contributed by atoms with Gasteiger partial charge < -0.3 is 19.1 Å². The summed E-state index contributed by atoms with van der Waals surface area (Å²) in [4.78, 5) is 14.1. The molecular weight excluding hydrogens is 317 g/mol. The van der Waals surface area contributed by atoms with E-state index in [2.05, 4.69) is 0 Å². The Morgan fingerprint density at radius 3 is 2.62 bits per heavy atom. The number of alkyl halides is 1. The highest BCUT2D eigenvalue weighted by Gasteiger charge is 2.27. The van der Waals surface area contributed by atoms with E-state index in [1.807, 2.05) is 0 Å². The van der Waals surface area contributed by atoms with Crippen molar-refractivity contribution in [2.24, 2.45) is 0 Å². The van der Waals surface area contributed by atoms with E-state index in [4.69, 9.17) is 37.4 Å². The molecule has 1 fully saturated rings. The Balaban J connectivity index is 1.82. The molecule has 1 saturated heterocycles. The monoisotopic (exact) mass is 331 g/mol. The van der Waals surface area contributed by atoms with Crippen molar-refractivity contribution >= 4 is 29.1 Å². The molecule has 0 bridgehead atoms. The molecule has 1 amide bonds. The van der Waals surface area contributed by atoms with Crippen LogP contribution in [0.1, 0.15) is 10.9 Å². The van der Waals surface area contributed by atoms with Gasteiger partial charge in [0.25, 0.3) is 0 Å². The molecule has 21 heavy (non-hydrogen) atoms. The average Bonchev–Trinajstić information content (AvgIpc) is 2.54. The number of benzene rings is 1. The molecule has 5 nitrogen and oxygen atoms in total. The maximum Gasteiger partial charge on any atom is 0.245 e. The van der Waals surface area contributed by atoms with E-state index in [-0.39, 0.29) is 5.91 Å². The Kier molecular flexibility index (Phi) is 4.42. The van der Waals surface area contributed by atoms with Crippen LogP contribution in [0, 0.1) is 0 Å². The molecule has 1 aromatic carbocycles. The van der Waals surface area contributed by atoms with Gasteiger partial charge in [-0.2, -0.15) is 0 Å². The van der Waals surface area contributed by atoms with Crippen LogP contribution in [0.2, 0.25) is 5.02 Å². The fourth-order valence-electron chi connectivity index (χ4n) is 2.36. The summed E-state index contributed by atoms with van der Waals surface area (Å²) >= 11 is 12.5. The minimum absolute atomic E-state index is 0.146. The smallest absolute Gasteiger partial charge is 0.245 e. The van der Waals surface area contributed by atoms with Gasteiger partial charge in [0.15, 0.2) is 11.5 Å². The Hall–Kier alpha value is -1.17. The van der Waals surface area contributed by atoms with Crippen LogP contribution in [0.15, 0.2) is 12.1 Å². The third-order valence-electron chi connectivity index (χ3n) is 3.45. The summed E-state index contributed by atoms with van der Waals surface area (Å²) in [5, 5.41) is -0.390. The molecule has 1 aromatic rings. The molecule has 0 N–H and O–H groups in total. The Morgan fingerprint density at radius 2 is 1.86 bits per heavy atom. The maximum absolute atomic E-state index is 12.4. The fraction of sp³-hybridized carbons (Fsp3) is 0.500. The molecule has 2 aliphatic rings. The van der Waals surface area contributed by atoms with Gasteiger partial charge in [0.05, 0.1) is 18.2 Å². The lowest BCUT2D eigenvalue weighted by Gasteiger charge is -2.29. The normalized spacial score (nSPS) is 19.2. The van der Waals surface area contributed by atoms with Gasteiger partial charge in [0.1, 0.15) is 18.6 Å². The van der Waals surface area contributed by atoms with Crippen LogP contribution < -0.4 is 9.47 Å². The second-order valence-corrected chi connectivity index (χ2v) is 5.67. The molecule has 1 unspecified atom stereocenters. The molecule has 0 radical (unpaired) electrons. The lowest BCUT2D eigenvalue weighted by molar-refractivity contribution is -0.134. The van der Waals surface area contributed by atoms with Crippen LogP contribution in [-0.4, -0.2) is 50.3 Å². The number of fused-ring (bicyclic) bond motifs is 1. The van der Waals surface area contributed by atoms with Crippen LogP contribution in [0.5, 0.6) is 11.5 Å². The van der Waals surface area contributed by atoms with Crippen molar-refractivity contribution in [3.8, 4) is 11.5 Å². The first kappa shape index (κ1) is 14.8. The van der Waals surface area contributed by atoms with Crippen molar-refractivity contribution in [1.29, 1.82) is 0 Å². The summed E-state index contributed by atoms with van der Waals surface area (Å²) in [5.41, 5.74) is 0.613. The predicted molar refractivity (Wildman–Crippen MR) is 78.4 cm³/mol. The zero-order valence-electron chi connectivity index (χ0n) is 11.3. The molecule has 0 aromatic heterocycles. The quantitative estimate of drug-likeness (QED) is 0.780. The molecule has 114 valence electrons. The second kappa shape index (κ2) is 6.30. The van der Waals surface area contributed by atoms with Crippen LogP contribution in [-0.2, 0) is 9.53 Å².